The number of aromatic carboxylic acids is 1. The van der Waals surface area contributed by atoms with Gasteiger partial charge in [-0.3, -0.25) is 4.79 Å². The summed E-state index contributed by atoms with van der Waals surface area (Å²) in [7, 11) is 2.07. The summed E-state index contributed by atoms with van der Waals surface area (Å²) >= 11 is 0. The molecule has 7 rings (SSSR count). The van der Waals surface area contributed by atoms with Crippen molar-refractivity contribution in [2.24, 2.45) is 0 Å². The van der Waals surface area contributed by atoms with Gasteiger partial charge >= 0.3 is 5.97 Å². The van der Waals surface area contributed by atoms with Gasteiger partial charge in [0.1, 0.15) is 23.9 Å². The molecule has 9 heteroatoms. The summed E-state index contributed by atoms with van der Waals surface area (Å²) in [6.45, 7) is 3.34. The van der Waals surface area contributed by atoms with Crippen LogP contribution in [0.5, 0.6) is 11.5 Å². The van der Waals surface area contributed by atoms with Crippen LogP contribution in [0.3, 0.4) is 0 Å². The molecule has 0 unspecified atom stereocenters. The summed E-state index contributed by atoms with van der Waals surface area (Å²) in [6, 6.07) is 26.2. The van der Waals surface area contributed by atoms with Crippen molar-refractivity contribution in [1.29, 1.82) is 0 Å². The van der Waals surface area contributed by atoms with Crippen LogP contribution in [0.1, 0.15) is 64.4 Å². The molecule has 9 nitrogen and oxygen atoms in total. The van der Waals surface area contributed by atoms with Crippen LogP contribution in [-0.2, 0) is 6.61 Å². The van der Waals surface area contributed by atoms with E-state index < -0.39 is 5.97 Å². The Morgan fingerprint density at radius 3 is 2.21 bits per heavy atom. The van der Waals surface area contributed by atoms with Crippen molar-refractivity contribution in [2.45, 2.75) is 44.8 Å². The zero-order chi connectivity index (χ0) is 33.2. The molecular weight excluding hydrogens is 604 g/mol. The van der Waals surface area contributed by atoms with Crippen LogP contribution in [-0.4, -0.2) is 74.7 Å². The summed E-state index contributed by atoms with van der Waals surface area (Å²) in [6.07, 6.45) is 5.70. The second kappa shape index (κ2) is 13.5. The summed E-state index contributed by atoms with van der Waals surface area (Å²) < 4.78 is 8.63. The molecule has 1 saturated heterocycles. The summed E-state index contributed by atoms with van der Waals surface area (Å²) in [5, 5.41) is 19.4. The Kier molecular flexibility index (Phi) is 8.86. The highest BCUT2D eigenvalue weighted by Crippen LogP contribution is 2.37. The maximum absolute atomic E-state index is 13.5. The highest BCUT2D eigenvalue weighted by atomic mass is 16.5. The Hall–Kier alpha value is -5.15. The van der Waals surface area contributed by atoms with Crippen molar-refractivity contribution in [2.75, 3.05) is 33.2 Å². The number of ether oxygens (including phenoxy) is 1. The van der Waals surface area contributed by atoms with E-state index in [1.165, 1.54) is 6.42 Å². The third kappa shape index (κ3) is 6.51. The molecule has 2 heterocycles. The minimum absolute atomic E-state index is 0.0160. The van der Waals surface area contributed by atoms with E-state index in [2.05, 4.69) is 16.5 Å². The van der Waals surface area contributed by atoms with E-state index in [0.29, 0.717) is 36.0 Å². The zero-order valence-electron chi connectivity index (χ0n) is 27.1. The van der Waals surface area contributed by atoms with E-state index in [4.69, 9.17) is 9.72 Å². The molecule has 0 atom stereocenters. The normalized spacial score (nSPS) is 15.9. The van der Waals surface area contributed by atoms with Crippen molar-refractivity contribution in [3.05, 3.63) is 102 Å². The van der Waals surface area contributed by atoms with E-state index in [0.717, 1.165) is 72.4 Å². The first kappa shape index (κ1) is 31.4. The monoisotopic (exact) mass is 644 g/mol. The number of carboxylic acids is 1. The van der Waals surface area contributed by atoms with E-state index in [1.54, 1.807) is 24.3 Å². The first-order valence-electron chi connectivity index (χ1n) is 16.7. The van der Waals surface area contributed by atoms with Crippen LogP contribution in [0.4, 0.5) is 0 Å². The fourth-order valence-corrected chi connectivity index (χ4v) is 6.97. The van der Waals surface area contributed by atoms with Crippen molar-refractivity contribution in [1.82, 2.24) is 19.4 Å². The van der Waals surface area contributed by atoms with Gasteiger partial charge in [-0.15, -0.1) is 0 Å². The number of aromatic nitrogens is 2. The van der Waals surface area contributed by atoms with Crippen LogP contribution >= 0.6 is 0 Å². The van der Waals surface area contributed by atoms with Gasteiger partial charge in [-0.05, 0) is 103 Å². The van der Waals surface area contributed by atoms with Crippen molar-refractivity contribution < 1.29 is 24.5 Å². The third-order valence-electron chi connectivity index (χ3n) is 9.70. The number of carbonyl (C=O) groups excluding carboxylic acids is 1. The van der Waals surface area contributed by atoms with Crippen LogP contribution in [0.2, 0.25) is 0 Å². The van der Waals surface area contributed by atoms with Gasteiger partial charge < -0.3 is 29.3 Å². The first-order chi connectivity index (χ1) is 23.3. The van der Waals surface area contributed by atoms with Gasteiger partial charge in [0, 0.05) is 43.3 Å². The number of aromatic hydroxyl groups is 1. The number of amides is 1. The number of likely N-dealkylation sites (N-methyl/N-ethyl adjacent to an activating group) is 1. The lowest BCUT2D eigenvalue weighted by Gasteiger charge is -2.32. The number of phenolic OH excluding ortho intramolecular Hbond substituents is 1. The number of fused-ring (bicyclic) bond motifs is 1. The van der Waals surface area contributed by atoms with Gasteiger partial charge in [-0.2, -0.15) is 0 Å². The fraction of sp³-hybridized carbons (Fsp3) is 0.308. The lowest BCUT2D eigenvalue weighted by atomic mass is 9.95. The first-order valence-corrected chi connectivity index (χ1v) is 16.7. The van der Waals surface area contributed by atoms with Crippen LogP contribution in [0, 0.1) is 0 Å². The molecule has 2 N–H and O–H groups in total. The van der Waals surface area contributed by atoms with E-state index in [-0.39, 0.29) is 23.8 Å². The minimum Gasteiger partial charge on any atom is -0.508 e. The maximum atomic E-state index is 13.5. The van der Waals surface area contributed by atoms with Gasteiger partial charge in [0.2, 0.25) is 0 Å². The molecule has 0 radical (unpaired) electrons. The molecule has 1 saturated carbocycles. The topological polar surface area (TPSA) is 108 Å². The Bertz CT molecular complexity index is 1940. The van der Waals surface area contributed by atoms with Crippen LogP contribution in [0.15, 0.2) is 84.9 Å². The number of imidazole rings is 1. The summed E-state index contributed by atoms with van der Waals surface area (Å²) in [4.78, 5) is 34.2. The largest absolute Gasteiger partial charge is 0.508 e. The smallest absolute Gasteiger partial charge is 0.335 e. The van der Waals surface area contributed by atoms with Crippen LogP contribution < -0.4 is 4.74 Å². The number of hydrogen-bond acceptors (Lipinski definition) is 6. The minimum atomic E-state index is -0.963. The summed E-state index contributed by atoms with van der Waals surface area (Å²) in [5.41, 5.74) is 6.16. The summed E-state index contributed by atoms with van der Waals surface area (Å²) in [5.74, 6) is 0.755. The number of rotatable bonds is 8. The quantitative estimate of drug-likeness (QED) is 0.183. The molecule has 2 aliphatic rings. The maximum Gasteiger partial charge on any atom is 0.335 e. The van der Waals surface area contributed by atoms with Gasteiger partial charge in [0.25, 0.3) is 5.91 Å². The van der Waals surface area contributed by atoms with Crippen molar-refractivity contribution in [3.8, 4) is 34.0 Å². The Morgan fingerprint density at radius 2 is 1.50 bits per heavy atom. The third-order valence-corrected chi connectivity index (χ3v) is 9.70. The second-order valence-electron chi connectivity index (χ2n) is 12.9. The Morgan fingerprint density at radius 1 is 0.812 bits per heavy atom. The van der Waals surface area contributed by atoms with Gasteiger partial charge in [-0.1, -0.05) is 37.5 Å². The van der Waals surface area contributed by atoms with Gasteiger partial charge in [0.05, 0.1) is 16.6 Å². The van der Waals surface area contributed by atoms with E-state index >= 15 is 0 Å². The molecule has 48 heavy (non-hydrogen) atoms. The molecule has 2 fully saturated rings. The molecule has 1 aliphatic heterocycles. The van der Waals surface area contributed by atoms with Crippen molar-refractivity contribution >= 4 is 22.9 Å². The lowest BCUT2D eigenvalue weighted by molar-refractivity contribution is 0.0662. The molecule has 246 valence electrons. The molecule has 0 spiro atoms. The predicted molar refractivity (Wildman–Crippen MR) is 186 cm³/mol. The fourth-order valence-electron chi connectivity index (χ4n) is 6.97. The molecule has 1 aliphatic carbocycles. The van der Waals surface area contributed by atoms with Crippen LogP contribution in [0.25, 0.3) is 33.5 Å². The number of phenols is 1. The number of hydrogen-bond donors (Lipinski definition) is 2. The van der Waals surface area contributed by atoms with E-state index in [9.17, 15) is 19.8 Å². The molecule has 4 aromatic carbocycles. The SMILES string of the molecule is CN1CCN(C(=O)c2ccc(-c3ccc(O)cc3)c(COc3ccc(-c4nc5cc(C(=O)O)ccc5n4C4CCCCC4)cc3)c2)CC1. The zero-order valence-corrected chi connectivity index (χ0v) is 27.1. The van der Waals surface area contributed by atoms with Gasteiger partial charge in [0.15, 0.2) is 0 Å². The predicted octanol–water partition coefficient (Wildman–Crippen LogP) is 7.25. The molecular formula is C39H40N4O5. The number of benzene rings is 4. The highest BCUT2D eigenvalue weighted by molar-refractivity contribution is 5.95. The van der Waals surface area contributed by atoms with Crippen molar-refractivity contribution in [3.63, 3.8) is 0 Å². The molecule has 1 amide bonds. The average molecular weight is 645 g/mol. The van der Waals surface area contributed by atoms with E-state index in [1.807, 2.05) is 65.6 Å². The molecule has 1 aromatic heterocycles. The standard InChI is InChI=1S/C39H40N4O5/c1-41-19-21-42(22-20-41)38(45)28-11-17-34(26-7-13-32(44)14-8-26)30(23-28)25-48-33-15-9-27(10-16-33)37-40-35-24-29(39(46)47)12-18-36(35)43(37)31-5-3-2-4-6-31/h7-18,23-24,31,44H,2-6,19-22,25H2,1H3,(H,46,47). The average Bonchev–Trinajstić information content (AvgIpc) is 3.50. The molecule has 5 aromatic rings. The Labute approximate surface area is 280 Å². The number of nitrogens with zero attached hydrogens (tertiary/aromatic N) is 4. The van der Waals surface area contributed by atoms with Gasteiger partial charge in [-0.25, -0.2) is 9.78 Å². The highest BCUT2D eigenvalue weighted by Gasteiger charge is 2.24. The number of piperazine rings is 1. The lowest BCUT2D eigenvalue weighted by Crippen LogP contribution is -2.47. The second-order valence-corrected chi connectivity index (χ2v) is 12.9. The number of carbonyl (C=O) groups is 2. The molecule has 0 bridgehead atoms. The number of carboxylic acid groups (broad SMARTS) is 1. The Balaban J connectivity index is 1.16.